The van der Waals surface area contributed by atoms with Gasteiger partial charge in [-0.3, -0.25) is 0 Å². The zero-order valence-electron chi connectivity index (χ0n) is 10.7. The van der Waals surface area contributed by atoms with Crippen LogP contribution in [0.25, 0.3) is 0 Å². The number of hydrogen-bond donors (Lipinski definition) is 1. The number of benzene rings is 1. The molecule has 0 aliphatic rings. The van der Waals surface area contributed by atoms with Gasteiger partial charge in [0.1, 0.15) is 5.75 Å². The van der Waals surface area contributed by atoms with E-state index >= 15 is 0 Å². The minimum atomic E-state index is -0.431. The zero-order chi connectivity index (χ0) is 12.5. The van der Waals surface area contributed by atoms with Crippen molar-refractivity contribution in [3.05, 3.63) is 29.8 Å². The van der Waals surface area contributed by atoms with Crippen LogP contribution < -0.4 is 4.74 Å². The lowest BCUT2D eigenvalue weighted by atomic mass is 10.1. The van der Waals surface area contributed by atoms with Crippen LogP contribution in [-0.2, 0) is 0 Å². The van der Waals surface area contributed by atoms with Gasteiger partial charge in [0.05, 0.1) is 12.7 Å². The standard InChI is InChI=1S/C14H22O2S/c1-3-9-16-14-8-6-5-7-12(14)13(15)11-17-10-4-2/h5-8,13,15H,3-4,9-11H2,1-2H3. The average Bonchev–Trinajstić information content (AvgIpc) is 2.37. The van der Waals surface area contributed by atoms with Crippen LogP contribution in [0, 0.1) is 0 Å². The van der Waals surface area contributed by atoms with Gasteiger partial charge in [0.25, 0.3) is 0 Å². The lowest BCUT2D eigenvalue weighted by Gasteiger charge is -2.15. The Labute approximate surface area is 108 Å². The maximum absolute atomic E-state index is 10.1. The molecule has 1 N–H and O–H groups in total. The van der Waals surface area contributed by atoms with Crippen molar-refractivity contribution in [2.75, 3.05) is 18.1 Å². The fraction of sp³-hybridized carbons (Fsp3) is 0.571. The molecule has 0 radical (unpaired) electrons. The molecule has 0 fully saturated rings. The molecule has 0 aromatic heterocycles. The fourth-order valence-electron chi connectivity index (χ4n) is 1.53. The molecule has 0 saturated carbocycles. The SMILES string of the molecule is CCCOc1ccccc1C(O)CSCCC. The van der Waals surface area contributed by atoms with Crippen molar-refractivity contribution in [3.63, 3.8) is 0 Å². The largest absolute Gasteiger partial charge is 0.493 e. The third-order valence-corrected chi connectivity index (χ3v) is 3.61. The number of aliphatic hydroxyl groups excluding tert-OH is 1. The van der Waals surface area contributed by atoms with Crippen LogP contribution in [0.5, 0.6) is 5.75 Å². The van der Waals surface area contributed by atoms with E-state index in [0.717, 1.165) is 35.7 Å². The monoisotopic (exact) mass is 254 g/mol. The number of ether oxygens (including phenoxy) is 1. The molecule has 1 aromatic carbocycles. The smallest absolute Gasteiger partial charge is 0.125 e. The molecule has 3 heteroatoms. The van der Waals surface area contributed by atoms with E-state index in [4.69, 9.17) is 4.74 Å². The molecule has 0 aliphatic heterocycles. The average molecular weight is 254 g/mol. The van der Waals surface area contributed by atoms with Crippen molar-refractivity contribution in [1.82, 2.24) is 0 Å². The maximum Gasteiger partial charge on any atom is 0.125 e. The van der Waals surface area contributed by atoms with Crippen molar-refractivity contribution < 1.29 is 9.84 Å². The molecule has 2 nitrogen and oxygen atoms in total. The summed E-state index contributed by atoms with van der Waals surface area (Å²) in [7, 11) is 0. The normalized spacial score (nSPS) is 12.4. The number of thioether (sulfide) groups is 1. The molecule has 0 heterocycles. The highest BCUT2D eigenvalue weighted by Crippen LogP contribution is 2.27. The third-order valence-electron chi connectivity index (χ3n) is 2.36. The Morgan fingerprint density at radius 1 is 1.24 bits per heavy atom. The molecule has 0 bridgehead atoms. The van der Waals surface area contributed by atoms with Crippen LogP contribution in [0.15, 0.2) is 24.3 Å². The van der Waals surface area contributed by atoms with Crippen LogP contribution in [0.4, 0.5) is 0 Å². The van der Waals surface area contributed by atoms with Gasteiger partial charge in [0.15, 0.2) is 0 Å². The number of hydrogen-bond acceptors (Lipinski definition) is 3. The summed E-state index contributed by atoms with van der Waals surface area (Å²) in [6, 6.07) is 7.77. The second-order valence-corrected chi connectivity index (χ2v) is 5.13. The number of para-hydroxylation sites is 1. The summed E-state index contributed by atoms with van der Waals surface area (Å²) in [6.07, 6.45) is 1.69. The van der Waals surface area contributed by atoms with Gasteiger partial charge < -0.3 is 9.84 Å². The summed E-state index contributed by atoms with van der Waals surface area (Å²) in [5, 5.41) is 10.1. The van der Waals surface area contributed by atoms with E-state index in [0.29, 0.717) is 6.61 Å². The highest BCUT2D eigenvalue weighted by molar-refractivity contribution is 7.99. The van der Waals surface area contributed by atoms with E-state index in [-0.39, 0.29) is 0 Å². The molecular formula is C14H22O2S. The molecule has 0 aliphatic carbocycles. The van der Waals surface area contributed by atoms with Gasteiger partial charge in [-0.1, -0.05) is 32.0 Å². The second kappa shape index (κ2) is 8.43. The number of aliphatic hydroxyl groups is 1. The van der Waals surface area contributed by atoms with E-state index in [1.807, 2.05) is 24.3 Å². The molecule has 1 rings (SSSR count). The first-order valence-electron chi connectivity index (χ1n) is 6.27. The minimum Gasteiger partial charge on any atom is -0.493 e. The Morgan fingerprint density at radius 2 is 2.00 bits per heavy atom. The highest BCUT2D eigenvalue weighted by Gasteiger charge is 2.12. The van der Waals surface area contributed by atoms with Crippen LogP contribution in [-0.4, -0.2) is 23.2 Å². The molecule has 0 amide bonds. The first-order chi connectivity index (χ1) is 8.29. The lowest BCUT2D eigenvalue weighted by molar-refractivity contribution is 0.195. The summed E-state index contributed by atoms with van der Waals surface area (Å²) in [4.78, 5) is 0. The van der Waals surface area contributed by atoms with Crippen molar-refractivity contribution >= 4 is 11.8 Å². The summed E-state index contributed by atoms with van der Waals surface area (Å²) in [5.41, 5.74) is 0.907. The predicted octanol–water partition coefficient (Wildman–Crippen LogP) is 3.65. The van der Waals surface area contributed by atoms with Gasteiger partial charge >= 0.3 is 0 Å². The van der Waals surface area contributed by atoms with Gasteiger partial charge in [-0.2, -0.15) is 11.8 Å². The van der Waals surface area contributed by atoms with Gasteiger partial charge in [-0.15, -0.1) is 0 Å². The van der Waals surface area contributed by atoms with Crippen LogP contribution in [0.2, 0.25) is 0 Å². The minimum absolute atomic E-state index is 0.431. The van der Waals surface area contributed by atoms with E-state index in [2.05, 4.69) is 13.8 Å². The lowest BCUT2D eigenvalue weighted by Crippen LogP contribution is -2.05. The fourth-order valence-corrected chi connectivity index (χ4v) is 2.39. The van der Waals surface area contributed by atoms with E-state index in [1.54, 1.807) is 11.8 Å². The van der Waals surface area contributed by atoms with E-state index < -0.39 is 6.10 Å². The van der Waals surface area contributed by atoms with Crippen LogP contribution in [0.3, 0.4) is 0 Å². The molecular weight excluding hydrogens is 232 g/mol. The van der Waals surface area contributed by atoms with Crippen molar-refractivity contribution in [3.8, 4) is 5.75 Å². The third kappa shape index (κ3) is 5.00. The molecule has 1 unspecified atom stereocenters. The molecule has 17 heavy (non-hydrogen) atoms. The summed E-state index contributed by atoms with van der Waals surface area (Å²) < 4.78 is 5.64. The first-order valence-corrected chi connectivity index (χ1v) is 7.42. The van der Waals surface area contributed by atoms with Crippen LogP contribution >= 0.6 is 11.8 Å². The maximum atomic E-state index is 10.1. The Balaban J connectivity index is 2.60. The predicted molar refractivity (Wildman–Crippen MR) is 74.8 cm³/mol. The molecule has 96 valence electrons. The molecule has 0 saturated heterocycles. The Bertz CT molecular complexity index is 315. The van der Waals surface area contributed by atoms with Crippen molar-refractivity contribution in [2.24, 2.45) is 0 Å². The Kier molecular flexibility index (Phi) is 7.13. The number of rotatable bonds is 8. The second-order valence-electron chi connectivity index (χ2n) is 3.98. The Hall–Kier alpha value is -0.670. The van der Waals surface area contributed by atoms with Crippen molar-refractivity contribution in [1.29, 1.82) is 0 Å². The summed E-state index contributed by atoms with van der Waals surface area (Å²) in [6.45, 7) is 4.93. The van der Waals surface area contributed by atoms with Gasteiger partial charge in [0.2, 0.25) is 0 Å². The summed E-state index contributed by atoms with van der Waals surface area (Å²) in [5.74, 6) is 2.65. The van der Waals surface area contributed by atoms with Gasteiger partial charge in [0, 0.05) is 11.3 Å². The topological polar surface area (TPSA) is 29.5 Å². The quantitative estimate of drug-likeness (QED) is 0.718. The van der Waals surface area contributed by atoms with Gasteiger partial charge in [-0.05, 0) is 24.7 Å². The van der Waals surface area contributed by atoms with Gasteiger partial charge in [-0.25, -0.2) is 0 Å². The van der Waals surface area contributed by atoms with Crippen LogP contribution in [0.1, 0.15) is 38.4 Å². The molecule has 0 spiro atoms. The zero-order valence-corrected chi connectivity index (χ0v) is 11.5. The molecule has 1 aromatic rings. The molecule has 1 atom stereocenters. The highest BCUT2D eigenvalue weighted by atomic mass is 32.2. The van der Waals surface area contributed by atoms with Crippen molar-refractivity contribution in [2.45, 2.75) is 32.8 Å². The Morgan fingerprint density at radius 3 is 2.71 bits per heavy atom. The summed E-state index contributed by atoms with van der Waals surface area (Å²) >= 11 is 1.78. The first kappa shape index (κ1) is 14.4. The van der Waals surface area contributed by atoms with E-state index in [1.165, 1.54) is 0 Å². The van der Waals surface area contributed by atoms with E-state index in [9.17, 15) is 5.11 Å².